The Morgan fingerprint density at radius 3 is 2.92 bits per heavy atom. The smallest absolute Gasteiger partial charge is 0.187 e. The quantitative estimate of drug-likeness (QED) is 0.408. The van der Waals surface area contributed by atoms with Gasteiger partial charge in [0.2, 0.25) is 0 Å². The summed E-state index contributed by atoms with van der Waals surface area (Å²) in [5.41, 5.74) is 3.99. The first-order chi connectivity index (χ1) is 17.5. The number of aliphatic hydroxyl groups is 1. The van der Waals surface area contributed by atoms with Gasteiger partial charge in [-0.05, 0) is 31.5 Å². The topological polar surface area (TPSA) is 111 Å². The molecule has 2 aliphatic rings. The Morgan fingerprint density at radius 1 is 1.25 bits per heavy atom. The van der Waals surface area contributed by atoms with Crippen LogP contribution in [0.25, 0.3) is 33.2 Å². The van der Waals surface area contributed by atoms with Crippen LogP contribution in [0, 0.1) is 0 Å². The number of thiazole rings is 1. The van der Waals surface area contributed by atoms with E-state index in [4.69, 9.17) is 14.8 Å². The van der Waals surface area contributed by atoms with E-state index in [-0.39, 0.29) is 17.9 Å². The van der Waals surface area contributed by atoms with Crippen molar-refractivity contribution in [2.75, 3.05) is 32.8 Å². The van der Waals surface area contributed by atoms with E-state index in [1.54, 1.807) is 17.7 Å². The first kappa shape index (κ1) is 23.0. The van der Waals surface area contributed by atoms with Gasteiger partial charge in [0, 0.05) is 47.8 Å². The zero-order valence-corrected chi connectivity index (χ0v) is 21.0. The van der Waals surface area contributed by atoms with Gasteiger partial charge >= 0.3 is 0 Å². The molecule has 0 amide bonds. The first-order valence-corrected chi connectivity index (χ1v) is 12.9. The van der Waals surface area contributed by atoms with Gasteiger partial charge in [-0.25, -0.2) is 14.6 Å². The van der Waals surface area contributed by atoms with E-state index in [0.717, 1.165) is 58.5 Å². The first-order valence-electron chi connectivity index (χ1n) is 12.1. The molecule has 2 aliphatic heterocycles. The van der Waals surface area contributed by atoms with Gasteiger partial charge < -0.3 is 9.84 Å². The van der Waals surface area contributed by atoms with Gasteiger partial charge in [-0.15, -0.1) is 11.3 Å². The second-order valence-electron chi connectivity index (χ2n) is 9.48. The van der Waals surface area contributed by atoms with Gasteiger partial charge in [0.05, 0.1) is 31.1 Å². The number of nitrogens with zero attached hydrogens (tertiary/aromatic N) is 7. The Labute approximate surface area is 212 Å². The van der Waals surface area contributed by atoms with Crippen molar-refractivity contribution in [3.8, 4) is 39.0 Å². The fourth-order valence-electron chi connectivity index (χ4n) is 4.70. The highest BCUT2D eigenvalue weighted by Gasteiger charge is 2.30. The second kappa shape index (κ2) is 9.23. The molecule has 0 atom stereocenters. The van der Waals surface area contributed by atoms with Gasteiger partial charge in [-0.3, -0.25) is 14.4 Å². The van der Waals surface area contributed by atoms with E-state index in [9.17, 15) is 4.79 Å². The second-order valence-corrected chi connectivity index (χ2v) is 10.6. The third kappa shape index (κ3) is 4.12. The van der Waals surface area contributed by atoms with E-state index in [0.29, 0.717) is 13.2 Å². The van der Waals surface area contributed by atoms with Crippen molar-refractivity contribution in [2.24, 2.45) is 0 Å². The van der Waals surface area contributed by atoms with Crippen molar-refractivity contribution < 1.29 is 14.6 Å². The number of ketones is 1. The number of Topliss-reactive ketones (excluding diaryl/α,β-unsaturated/α-hetero) is 1. The van der Waals surface area contributed by atoms with Crippen LogP contribution in [-0.4, -0.2) is 78.2 Å². The number of fused-ring (bicyclic) bond motifs is 3. The summed E-state index contributed by atoms with van der Waals surface area (Å²) >= 11 is 1.66. The number of carbonyl (C=O) groups excluding carboxylic acids is 1. The zero-order chi connectivity index (χ0) is 24.8. The minimum atomic E-state index is -0.406. The number of rotatable bonds is 7. The molecular formula is C25H27N7O3S. The molecule has 0 unspecified atom stereocenters. The molecule has 3 aromatic heterocycles. The van der Waals surface area contributed by atoms with E-state index < -0.39 is 6.61 Å². The largest absolute Gasteiger partial charge is 0.492 e. The summed E-state index contributed by atoms with van der Waals surface area (Å²) in [6, 6.07) is 6.66. The maximum atomic E-state index is 11.4. The third-order valence-corrected chi connectivity index (χ3v) is 7.71. The van der Waals surface area contributed by atoms with Crippen molar-refractivity contribution in [1.82, 2.24) is 34.4 Å². The molecule has 0 spiro atoms. The van der Waals surface area contributed by atoms with Crippen LogP contribution in [0.2, 0.25) is 0 Å². The van der Waals surface area contributed by atoms with Crippen molar-refractivity contribution in [1.29, 1.82) is 0 Å². The lowest BCUT2D eigenvalue weighted by atomic mass is 10.0. The SMILES string of the molecule is CC(C)n1ncnc1-c1nc2c(s1)CCOc1cc(-c3cnn(C4CN(CC(=O)CO)C4)c3)ccc1-2. The molecule has 1 saturated heterocycles. The molecule has 5 heterocycles. The van der Waals surface area contributed by atoms with E-state index >= 15 is 0 Å². The number of hydrogen-bond acceptors (Lipinski definition) is 9. The van der Waals surface area contributed by atoms with Crippen molar-refractivity contribution in [2.45, 2.75) is 32.4 Å². The minimum absolute atomic E-state index is 0.156. The maximum absolute atomic E-state index is 11.4. The molecule has 1 N–H and O–H groups in total. The number of aromatic nitrogens is 6. The molecule has 0 bridgehead atoms. The van der Waals surface area contributed by atoms with Gasteiger partial charge in [-0.2, -0.15) is 10.2 Å². The number of ether oxygens (including phenoxy) is 1. The number of aliphatic hydroxyl groups excluding tert-OH is 1. The summed E-state index contributed by atoms with van der Waals surface area (Å²) in [6.07, 6.45) is 6.29. The van der Waals surface area contributed by atoms with Crippen molar-refractivity contribution in [3.63, 3.8) is 0 Å². The van der Waals surface area contributed by atoms with Gasteiger partial charge in [0.1, 0.15) is 18.7 Å². The molecule has 10 nitrogen and oxygen atoms in total. The fourth-order valence-corrected chi connectivity index (χ4v) is 5.75. The molecule has 4 aromatic rings. The summed E-state index contributed by atoms with van der Waals surface area (Å²) < 4.78 is 10.0. The molecule has 11 heteroatoms. The van der Waals surface area contributed by atoms with E-state index in [1.807, 2.05) is 26.7 Å². The lowest BCUT2D eigenvalue weighted by molar-refractivity contribution is -0.124. The van der Waals surface area contributed by atoms with Crippen molar-refractivity contribution in [3.05, 3.63) is 41.8 Å². The summed E-state index contributed by atoms with van der Waals surface area (Å²) in [5, 5.41) is 18.7. The minimum Gasteiger partial charge on any atom is -0.492 e. The fraction of sp³-hybridized carbons (Fsp3) is 0.400. The molecule has 186 valence electrons. The molecule has 36 heavy (non-hydrogen) atoms. The van der Waals surface area contributed by atoms with E-state index in [1.165, 1.54) is 4.88 Å². The van der Waals surface area contributed by atoms with Gasteiger partial charge in [0.25, 0.3) is 0 Å². The summed E-state index contributed by atoms with van der Waals surface area (Å²) in [7, 11) is 0. The Hall–Kier alpha value is -3.41. The molecule has 1 fully saturated rings. The Kier molecular flexibility index (Phi) is 5.90. The molecule has 6 rings (SSSR count). The lowest BCUT2D eigenvalue weighted by Crippen LogP contribution is -2.50. The van der Waals surface area contributed by atoms with Crippen LogP contribution >= 0.6 is 11.3 Å². The monoisotopic (exact) mass is 505 g/mol. The zero-order valence-electron chi connectivity index (χ0n) is 20.2. The third-order valence-electron chi connectivity index (χ3n) is 6.60. The Bertz CT molecular complexity index is 1420. The van der Waals surface area contributed by atoms with Crippen molar-refractivity contribution >= 4 is 17.1 Å². The number of carbonyl (C=O) groups is 1. The number of benzene rings is 1. The normalized spacial score (nSPS) is 15.8. The standard InChI is InChI=1S/C25H27N7O3S/c1-15(2)32-24(26-14-28-32)25-29-23-20-4-3-16(7-21(20)35-6-5-22(23)36-25)17-8-27-31(9-17)18-10-30(11-18)12-19(34)13-33/h3-4,7-9,14-15,18,33H,5-6,10-13H2,1-2H3. The molecule has 0 aliphatic carbocycles. The Morgan fingerprint density at radius 2 is 2.11 bits per heavy atom. The van der Waals surface area contributed by atoms with Gasteiger partial charge in [-0.1, -0.05) is 6.07 Å². The molecule has 0 saturated carbocycles. The Balaban J connectivity index is 1.24. The molecular weight excluding hydrogens is 478 g/mol. The van der Waals surface area contributed by atoms with Gasteiger partial charge in [0.15, 0.2) is 16.6 Å². The summed E-state index contributed by atoms with van der Waals surface area (Å²) in [5.74, 6) is 1.46. The van der Waals surface area contributed by atoms with Crippen LogP contribution in [0.3, 0.4) is 0 Å². The van der Waals surface area contributed by atoms with Crippen LogP contribution in [0.1, 0.15) is 30.8 Å². The maximum Gasteiger partial charge on any atom is 0.187 e. The molecule has 0 radical (unpaired) electrons. The number of hydrogen-bond donors (Lipinski definition) is 1. The summed E-state index contributed by atoms with van der Waals surface area (Å²) in [6.45, 7) is 6.15. The van der Waals surface area contributed by atoms with Crippen LogP contribution in [-0.2, 0) is 11.2 Å². The van der Waals surface area contributed by atoms with Crippen LogP contribution < -0.4 is 4.74 Å². The summed E-state index contributed by atoms with van der Waals surface area (Å²) in [4.78, 5) is 24.1. The highest BCUT2D eigenvalue weighted by molar-refractivity contribution is 7.15. The highest BCUT2D eigenvalue weighted by atomic mass is 32.1. The van der Waals surface area contributed by atoms with Crippen LogP contribution in [0.4, 0.5) is 0 Å². The highest BCUT2D eigenvalue weighted by Crippen LogP contribution is 2.41. The average Bonchev–Trinajstić information content (AvgIpc) is 3.59. The predicted octanol–water partition coefficient (Wildman–Crippen LogP) is 2.87. The van der Waals surface area contributed by atoms with Crippen LogP contribution in [0.15, 0.2) is 36.9 Å². The number of likely N-dealkylation sites (tertiary alicyclic amines) is 1. The molecule has 1 aromatic carbocycles. The lowest BCUT2D eigenvalue weighted by Gasteiger charge is -2.38. The predicted molar refractivity (Wildman–Crippen MR) is 135 cm³/mol. The van der Waals surface area contributed by atoms with Crippen LogP contribution in [0.5, 0.6) is 5.75 Å². The van der Waals surface area contributed by atoms with E-state index in [2.05, 4.69) is 47.2 Å². The average molecular weight is 506 g/mol.